The third kappa shape index (κ3) is 2.39. The summed E-state index contributed by atoms with van der Waals surface area (Å²) in [5.41, 5.74) is 5.45. The smallest absolute Gasteiger partial charge is 0.194 e. The fourth-order valence-corrected chi connectivity index (χ4v) is 4.05. The highest BCUT2D eigenvalue weighted by molar-refractivity contribution is 7.15. The molecule has 0 saturated carbocycles. The van der Waals surface area contributed by atoms with Crippen molar-refractivity contribution in [1.82, 2.24) is 14.3 Å². The molecule has 21 heavy (non-hydrogen) atoms. The van der Waals surface area contributed by atoms with Gasteiger partial charge in [-0.15, -0.1) is 11.3 Å². The van der Waals surface area contributed by atoms with Gasteiger partial charge in [0.05, 0.1) is 11.4 Å². The Balaban J connectivity index is 1.52. The summed E-state index contributed by atoms with van der Waals surface area (Å²) < 4.78 is 2.34. The van der Waals surface area contributed by atoms with Gasteiger partial charge < -0.3 is 0 Å². The van der Waals surface area contributed by atoms with Crippen LogP contribution in [0.5, 0.6) is 0 Å². The van der Waals surface area contributed by atoms with Crippen molar-refractivity contribution in [2.24, 2.45) is 0 Å². The van der Waals surface area contributed by atoms with Gasteiger partial charge in [-0.1, -0.05) is 30.3 Å². The molecule has 0 spiro atoms. The SMILES string of the molecule is Cc1csc2nc3c(n12)CN(CCc1ccccc1)CC3. The summed E-state index contributed by atoms with van der Waals surface area (Å²) >= 11 is 1.75. The number of rotatable bonds is 3. The summed E-state index contributed by atoms with van der Waals surface area (Å²) in [5.74, 6) is 0. The quantitative estimate of drug-likeness (QED) is 0.739. The number of imidazole rings is 1. The molecular weight excluding hydrogens is 278 g/mol. The van der Waals surface area contributed by atoms with Gasteiger partial charge in [0.25, 0.3) is 0 Å². The van der Waals surface area contributed by atoms with Crippen LogP contribution in [0.3, 0.4) is 0 Å². The predicted molar refractivity (Wildman–Crippen MR) is 86.9 cm³/mol. The zero-order valence-corrected chi connectivity index (χ0v) is 13.1. The first-order chi connectivity index (χ1) is 10.3. The van der Waals surface area contributed by atoms with Crippen molar-refractivity contribution in [2.45, 2.75) is 26.3 Å². The number of fused-ring (bicyclic) bond motifs is 3. The summed E-state index contributed by atoms with van der Waals surface area (Å²) in [5, 5.41) is 2.20. The van der Waals surface area contributed by atoms with Crippen LogP contribution < -0.4 is 0 Å². The number of thiazole rings is 1. The van der Waals surface area contributed by atoms with Gasteiger partial charge in [-0.2, -0.15) is 0 Å². The summed E-state index contributed by atoms with van der Waals surface area (Å²) in [6.07, 6.45) is 2.21. The van der Waals surface area contributed by atoms with Crippen LogP contribution >= 0.6 is 11.3 Å². The molecule has 0 bridgehead atoms. The number of hydrogen-bond donors (Lipinski definition) is 0. The van der Waals surface area contributed by atoms with Crippen LogP contribution in [-0.2, 0) is 19.4 Å². The average molecular weight is 297 g/mol. The number of hydrogen-bond acceptors (Lipinski definition) is 3. The van der Waals surface area contributed by atoms with E-state index in [1.807, 2.05) is 0 Å². The molecule has 0 saturated heterocycles. The Hall–Kier alpha value is -1.65. The fourth-order valence-electron chi connectivity index (χ4n) is 3.15. The molecule has 4 rings (SSSR count). The first-order valence-corrected chi connectivity index (χ1v) is 8.40. The molecule has 0 unspecified atom stereocenters. The number of benzene rings is 1. The minimum absolute atomic E-state index is 1.03. The number of aromatic nitrogens is 2. The van der Waals surface area contributed by atoms with Crippen molar-refractivity contribution in [1.29, 1.82) is 0 Å². The number of aryl methyl sites for hydroxylation is 1. The van der Waals surface area contributed by atoms with Crippen LogP contribution in [0.15, 0.2) is 35.7 Å². The zero-order valence-electron chi connectivity index (χ0n) is 12.2. The molecule has 3 aromatic rings. The van der Waals surface area contributed by atoms with E-state index in [-0.39, 0.29) is 0 Å². The van der Waals surface area contributed by atoms with Crippen molar-refractivity contribution < 1.29 is 0 Å². The van der Waals surface area contributed by atoms with Gasteiger partial charge in [-0.3, -0.25) is 9.30 Å². The van der Waals surface area contributed by atoms with E-state index in [0.29, 0.717) is 0 Å². The van der Waals surface area contributed by atoms with Crippen molar-refractivity contribution in [3.63, 3.8) is 0 Å². The van der Waals surface area contributed by atoms with Crippen LogP contribution in [-0.4, -0.2) is 27.4 Å². The van der Waals surface area contributed by atoms with Crippen LogP contribution in [0.1, 0.15) is 22.6 Å². The van der Waals surface area contributed by atoms with Crippen molar-refractivity contribution in [2.75, 3.05) is 13.1 Å². The molecule has 1 aromatic carbocycles. The molecule has 3 nitrogen and oxygen atoms in total. The van der Waals surface area contributed by atoms with E-state index < -0.39 is 0 Å². The van der Waals surface area contributed by atoms with Gasteiger partial charge in [-0.05, 0) is 18.9 Å². The van der Waals surface area contributed by atoms with Crippen LogP contribution in [0.4, 0.5) is 0 Å². The zero-order chi connectivity index (χ0) is 14.2. The van der Waals surface area contributed by atoms with Crippen LogP contribution in [0.2, 0.25) is 0 Å². The highest BCUT2D eigenvalue weighted by Crippen LogP contribution is 2.25. The normalized spacial score (nSPS) is 15.5. The lowest BCUT2D eigenvalue weighted by molar-refractivity contribution is 0.252. The van der Waals surface area contributed by atoms with Gasteiger partial charge in [0.15, 0.2) is 4.96 Å². The van der Waals surface area contributed by atoms with Crippen LogP contribution in [0, 0.1) is 6.92 Å². The van der Waals surface area contributed by atoms with E-state index in [2.05, 4.69) is 51.9 Å². The standard InChI is InChI=1S/C17H19N3S/c1-13-12-21-17-18-15-8-10-19(11-16(15)20(13)17)9-7-14-5-3-2-4-6-14/h2-6,12H,7-11H2,1H3. The summed E-state index contributed by atoms with van der Waals surface area (Å²) in [7, 11) is 0. The van der Waals surface area contributed by atoms with E-state index in [4.69, 9.17) is 4.98 Å². The maximum atomic E-state index is 4.78. The van der Waals surface area contributed by atoms with Crippen molar-refractivity contribution in [3.8, 4) is 0 Å². The molecular formula is C17H19N3S. The Bertz CT molecular complexity index is 757. The maximum Gasteiger partial charge on any atom is 0.194 e. The molecule has 4 heteroatoms. The molecule has 1 aliphatic rings. The molecule has 0 fully saturated rings. The first kappa shape index (κ1) is 13.0. The molecule has 3 heterocycles. The fraction of sp³-hybridized carbons (Fsp3) is 0.353. The molecule has 0 aliphatic carbocycles. The molecule has 108 valence electrons. The molecule has 1 aliphatic heterocycles. The lowest BCUT2D eigenvalue weighted by Crippen LogP contribution is -2.32. The van der Waals surface area contributed by atoms with Gasteiger partial charge in [0, 0.05) is 37.1 Å². The largest absolute Gasteiger partial charge is 0.297 e. The Morgan fingerprint density at radius 2 is 2.10 bits per heavy atom. The van der Waals surface area contributed by atoms with Crippen molar-refractivity contribution >= 4 is 16.3 Å². The summed E-state index contributed by atoms with van der Waals surface area (Å²) in [6.45, 7) is 5.46. The number of nitrogens with zero attached hydrogens (tertiary/aromatic N) is 3. The van der Waals surface area contributed by atoms with Gasteiger partial charge >= 0.3 is 0 Å². The molecule has 2 aromatic heterocycles. The molecule has 0 amide bonds. The van der Waals surface area contributed by atoms with E-state index >= 15 is 0 Å². The predicted octanol–water partition coefficient (Wildman–Crippen LogP) is 3.31. The minimum Gasteiger partial charge on any atom is -0.297 e. The molecule has 0 radical (unpaired) electrons. The molecule has 0 N–H and O–H groups in total. The minimum atomic E-state index is 1.03. The Kier molecular flexibility index (Phi) is 3.28. The van der Waals surface area contributed by atoms with Gasteiger partial charge in [0.2, 0.25) is 0 Å². The van der Waals surface area contributed by atoms with Gasteiger partial charge in [0.1, 0.15) is 0 Å². The highest BCUT2D eigenvalue weighted by atomic mass is 32.1. The van der Waals surface area contributed by atoms with E-state index in [9.17, 15) is 0 Å². The topological polar surface area (TPSA) is 20.5 Å². The highest BCUT2D eigenvalue weighted by Gasteiger charge is 2.22. The molecule has 0 atom stereocenters. The third-order valence-electron chi connectivity index (χ3n) is 4.31. The lowest BCUT2D eigenvalue weighted by atomic mass is 10.1. The van der Waals surface area contributed by atoms with E-state index in [1.165, 1.54) is 22.6 Å². The Labute approximate surface area is 128 Å². The lowest BCUT2D eigenvalue weighted by Gasteiger charge is -2.26. The van der Waals surface area contributed by atoms with Gasteiger partial charge in [-0.25, -0.2) is 4.98 Å². The second-order valence-electron chi connectivity index (χ2n) is 5.76. The average Bonchev–Trinajstić information content (AvgIpc) is 3.06. The van der Waals surface area contributed by atoms with Crippen molar-refractivity contribution in [3.05, 3.63) is 58.4 Å². The summed E-state index contributed by atoms with van der Waals surface area (Å²) in [6, 6.07) is 10.8. The second kappa shape index (κ2) is 5.28. The summed E-state index contributed by atoms with van der Waals surface area (Å²) in [4.78, 5) is 8.49. The maximum absolute atomic E-state index is 4.78. The Morgan fingerprint density at radius 3 is 2.95 bits per heavy atom. The Morgan fingerprint density at radius 1 is 1.24 bits per heavy atom. The van der Waals surface area contributed by atoms with E-state index in [1.54, 1.807) is 11.3 Å². The third-order valence-corrected chi connectivity index (χ3v) is 5.25. The van der Waals surface area contributed by atoms with E-state index in [0.717, 1.165) is 37.4 Å². The second-order valence-corrected chi connectivity index (χ2v) is 6.60. The monoisotopic (exact) mass is 297 g/mol. The van der Waals surface area contributed by atoms with Crippen LogP contribution in [0.25, 0.3) is 4.96 Å². The first-order valence-electron chi connectivity index (χ1n) is 7.52.